The zero-order valence-corrected chi connectivity index (χ0v) is 10.00. The van der Waals surface area contributed by atoms with Crippen molar-refractivity contribution in [1.29, 1.82) is 0 Å². The molecule has 0 bridgehead atoms. The van der Waals surface area contributed by atoms with Crippen molar-refractivity contribution in [1.82, 2.24) is 0 Å². The molecule has 14 heavy (non-hydrogen) atoms. The van der Waals surface area contributed by atoms with Gasteiger partial charge in [0.05, 0.1) is 4.34 Å². The molecule has 1 aromatic rings. The Morgan fingerprint density at radius 3 is 2.64 bits per heavy atom. The van der Waals surface area contributed by atoms with Crippen LogP contribution < -0.4 is 5.73 Å². The molecule has 1 aromatic heterocycles. The van der Waals surface area contributed by atoms with Gasteiger partial charge < -0.3 is 5.73 Å². The van der Waals surface area contributed by atoms with Crippen LogP contribution in [0.1, 0.15) is 42.2 Å². The van der Waals surface area contributed by atoms with Crippen LogP contribution >= 0.6 is 22.9 Å². The van der Waals surface area contributed by atoms with Crippen LogP contribution in [0.15, 0.2) is 6.07 Å². The minimum Gasteiger partial charge on any atom is -0.323 e. The highest BCUT2D eigenvalue weighted by molar-refractivity contribution is 7.16. The van der Waals surface area contributed by atoms with Gasteiger partial charge in [-0.15, -0.1) is 11.3 Å². The summed E-state index contributed by atoms with van der Waals surface area (Å²) in [6.07, 6.45) is 5.26. The maximum Gasteiger partial charge on any atom is 0.0960 e. The van der Waals surface area contributed by atoms with Crippen LogP contribution in [0.5, 0.6) is 0 Å². The van der Waals surface area contributed by atoms with Crippen molar-refractivity contribution in [2.75, 3.05) is 0 Å². The average molecular weight is 230 g/mol. The Morgan fingerprint density at radius 2 is 2.14 bits per heavy atom. The third kappa shape index (κ3) is 1.97. The van der Waals surface area contributed by atoms with E-state index in [9.17, 15) is 0 Å². The lowest BCUT2D eigenvalue weighted by Gasteiger charge is -2.16. The molecule has 0 saturated heterocycles. The summed E-state index contributed by atoms with van der Waals surface area (Å²) in [6, 6.07) is 2.37. The molecule has 0 aliphatic heterocycles. The Kier molecular flexibility index (Phi) is 3.15. The first-order valence-corrected chi connectivity index (χ1v) is 6.39. The van der Waals surface area contributed by atoms with E-state index in [0.717, 1.165) is 4.34 Å². The molecule has 1 unspecified atom stereocenters. The van der Waals surface area contributed by atoms with E-state index in [-0.39, 0.29) is 6.04 Å². The summed E-state index contributed by atoms with van der Waals surface area (Å²) in [6.45, 7) is 2.05. The highest BCUT2D eigenvalue weighted by Crippen LogP contribution is 2.38. The molecule has 1 heterocycles. The molecule has 2 N–H and O–H groups in total. The summed E-state index contributed by atoms with van der Waals surface area (Å²) in [7, 11) is 0. The van der Waals surface area contributed by atoms with Gasteiger partial charge in [-0.3, -0.25) is 0 Å². The minimum atomic E-state index is 0.216. The normalized spacial score (nSPS) is 20.2. The van der Waals surface area contributed by atoms with E-state index in [1.165, 1.54) is 36.1 Å². The maximum absolute atomic E-state index is 6.23. The van der Waals surface area contributed by atoms with Crippen LogP contribution in [0.4, 0.5) is 0 Å². The fourth-order valence-corrected chi connectivity index (χ4v) is 3.51. The molecule has 1 aliphatic carbocycles. The van der Waals surface area contributed by atoms with Crippen LogP contribution in [0.3, 0.4) is 0 Å². The predicted octanol–water partition coefficient (Wildman–Crippen LogP) is 3.90. The standard InChI is InChI=1S/C11H16ClNS/c1-7-6-9(14-11(7)12)10(13)8-4-2-3-5-8/h6,8,10H,2-5,13H2,1H3. The average Bonchev–Trinajstić information content (AvgIpc) is 2.76. The molecule has 3 heteroatoms. The topological polar surface area (TPSA) is 26.0 Å². The molecule has 0 radical (unpaired) electrons. The molecule has 0 spiro atoms. The molecule has 1 aliphatic rings. The highest BCUT2D eigenvalue weighted by Gasteiger charge is 2.24. The van der Waals surface area contributed by atoms with Crippen molar-refractivity contribution in [2.45, 2.75) is 38.6 Å². The lowest BCUT2D eigenvalue weighted by Crippen LogP contribution is -2.17. The Labute approximate surface area is 94.3 Å². The summed E-state index contributed by atoms with van der Waals surface area (Å²) >= 11 is 7.69. The number of aryl methyl sites for hydroxylation is 1. The molecule has 0 amide bonds. The Hall–Kier alpha value is -0.0500. The van der Waals surface area contributed by atoms with Crippen LogP contribution in [0, 0.1) is 12.8 Å². The van der Waals surface area contributed by atoms with Gasteiger partial charge in [-0.2, -0.15) is 0 Å². The zero-order valence-electron chi connectivity index (χ0n) is 8.42. The monoisotopic (exact) mass is 229 g/mol. The second kappa shape index (κ2) is 4.21. The smallest absolute Gasteiger partial charge is 0.0960 e. The second-order valence-electron chi connectivity index (χ2n) is 4.18. The van der Waals surface area contributed by atoms with Gasteiger partial charge in [0, 0.05) is 10.9 Å². The number of halogens is 1. The number of hydrogen-bond donors (Lipinski definition) is 1. The van der Waals surface area contributed by atoms with Crippen molar-refractivity contribution in [3.05, 3.63) is 20.8 Å². The quantitative estimate of drug-likeness (QED) is 0.818. The van der Waals surface area contributed by atoms with Crippen molar-refractivity contribution in [3.63, 3.8) is 0 Å². The van der Waals surface area contributed by atoms with E-state index in [1.54, 1.807) is 11.3 Å². The molecule has 2 rings (SSSR count). The minimum absolute atomic E-state index is 0.216. The zero-order chi connectivity index (χ0) is 10.1. The molecule has 1 nitrogen and oxygen atoms in total. The molecular formula is C11H16ClNS. The Morgan fingerprint density at radius 1 is 1.50 bits per heavy atom. The summed E-state index contributed by atoms with van der Waals surface area (Å²) in [5.74, 6) is 0.684. The van der Waals surface area contributed by atoms with Crippen molar-refractivity contribution in [3.8, 4) is 0 Å². The van der Waals surface area contributed by atoms with Crippen LogP contribution in [-0.2, 0) is 0 Å². The molecular weight excluding hydrogens is 214 g/mol. The van der Waals surface area contributed by atoms with Crippen LogP contribution in [0.25, 0.3) is 0 Å². The van der Waals surface area contributed by atoms with E-state index >= 15 is 0 Å². The first kappa shape index (κ1) is 10.5. The largest absolute Gasteiger partial charge is 0.323 e. The van der Waals surface area contributed by atoms with E-state index in [4.69, 9.17) is 17.3 Å². The molecule has 0 aromatic carbocycles. The van der Waals surface area contributed by atoms with Gasteiger partial charge in [-0.05, 0) is 37.3 Å². The van der Waals surface area contributed by atoms with E-state index in [1.807, 2.05) is 6.92 Å². The summed E-state index contributed by atoms with van der Waals surface area (Å²) in [4.78, 5) is 1.26. The second-order valence-corrected chi connectivity index (χ2v) is 5.86. The number of hydrogen-bond acceptors (Lipinski definition) is 2. The Balaban J connectivity index is 2.13. The van der Waals surface area contributed by atoms with Gasteiger partial charge in [0.2, 0.25) is 0 Å². The fraction of sp³-hybridized carbons (Fsp3) is 0.636. The Bertz CT molecular complexity index is 296. The van der Waals surface area contributed by atoms with E-state index < -0.39 is 0 Å². The third-order valence-corrected chi connectivity index (χ3v) is 4.77. The highest BCUT2D eigenvalue weighted by atomic mass is 35.5. The van der Waals surface area contributed by atoms with Crippen molar-refractivity contribution >= 4 is 22.9 Å². The van der Waals surface area contributed by atoms with Gasteiger partial charge >= 0.3 is 0 Å². The van der Waals surface area contributed by atoms with Gasteiger partial charge in [-0.1, -0.05) is 24.4 Å². The lowest BCUT2D eigenvalue weighted by atomic mass is 9.97. The van der Waals surface area contributed by atoms with E-state index in [0.29, 0.717) is 5.92 Å². The summed E-state index contributed by atoms with van der Waals surface area (Å²) in [5.41, 5.74) is 7.40. The summed E-state index contributed by atoms with van der Waals surface area (Å²) in [5, 5.41) is 0. The van der Waals surface area contributed by atoms with Gasteiger partial charge in [-0.25, -0.2) is 0 Å². The molecule has 1 atom stereocenters. The van der Waals surface area contributed by atoms with Gasteiger partial charge in [0.1, 0.15) is 0 Å². The molecule has 1 fully saturated rings. The SMILES string of the molecule is Cc1cc(C(N)C2CCCC2)sc1Cl. The first-order valence-electron chi connectivity index (χ1n) is 5.20. The van der Waals surface area contributed by atoms with E-state index in [2.05, 4.69) is 6.07 Å². The fourth-order valence-electron chi connectivity index (χ4n) is 2.20. The van der Waals surface area contributed by atoms with Gasteiger partial charge in [0.15, 0.2) is 0 Å². The van der Waals surface area contributed by atoms with Crippen molar-refractivity contribution < 1.29 is 0 Å². The number of nitrogens with two attached hydrogens (primary N) is 1. The first-order chi connectivity index (χ1) is 6.68. The number of rotatable bonds is 2. The third-order valence-electron chi connectivity index (χ3n) is 3.11. The number of thiophene rings is 1. The predicted molar refractivity (Wildman–Crippen MR) is 63.0 cm³/mol. The lowest BCUT2D eigenvalue weighted by molar-refractivity contribution is 0.450. The van der Waals surface area contributed by atoms with Crippen LogP contribution in [0.2, 0.25) is 4.34 Å². The molecule has 78 valence electrons. The summed E-state index contributed by atoms with van der Waals surface area (Å²) < 4.78 is 0.897. The maximum atomic E-state index is 6.23. The van der Waals surface area contributed by atoms with Gasteiger partial charge in [0.25, 0.3) is 0 Å². The van der Waals surface area contributed by atoms with Crippen LogP contribution in [-0.4, -0.2) is 0 Å². The molecule has 1 saturated carbocycles. The van der Waals surface area contributed by atoms with Crippen molar-refractivity contribution in [2.24, 2.45) is 11.7 Å².